The number of carbonyl (C=O) groups is 1. The largest absolute Gasteiger partial charge is 0.391 e. The molecule has 4 rings (SSSR count). The maximum Gasteiger partial charge on any atom is 0.255 e. The number of hydrogen-bond donors (Lipinski definition) is 1. The van der Waals surface area contributed by atoms with Crippen LogP contribution in [-0.2, 0) is 0 Å². The molecular formula is C18H15F2N3O2. The summed E-state index contributed by atoms with van der Waals surface area (Å²) >= 11 is 0. The standard InChI is InChI=1S/C18H15F2N3O2/c19-12-2-4-16(20)15(5-12)17-6-14(24)9-23(17)18(25)11-1-3-13-7-21-10-22(13)8-11/h1-5,7-8,10,14,17,24H,6,9H2/t14-,17+/m1/s1. The summed E-state index contributed by atoms with van der Waals surface area (Å²) in [4.78, 5) is 18.3. The van der Waals surface area contributed by atoms with E-state index in [1.54, 1.807) is 35.3 Å². The van der Waals surface area contributed by atoms with E-state index >= 15 is 0 Å². The second-order valence-corrected chi connectivity index (χ2v) is 6.17. The Labute approximate surface area is 142 Å². The molecule has 1 fully saturated rings. The fraction of sp³-hybridized carbons (Fsp3) is 0.222. The Hall–Kier alpha value is -2.80. The van der Waals surface area contributed by atoms with Crippen LogP contribution < -0.4 is 0 Å². The van der Waals surface area contributed by atoms with Gasteiger partial charge in [-0.2, -0.15) is 0 Å². The van der Waals surface area contributed by atoms with Crippen LogP contribution in [0.2, 0.25) is 0 Å². The number of aromatic nitrogens is 2. The monoisotopic (exact) mass is 343 g/mol. The number of aliphatic hydroxyl groups excluding tert-OH is 1. The highest BCUT2D eigenvalue weighted by Gasteiger charge is 2.37. The number of rotatable bonds is 2. The van der Waals surface area contributed by atoms with Gasteiger partial charge in [-0.25, -0.2) is 13.8 Å². The molecule has 0 spiro atoms. The lowest BCUT2D eigenvalue weighted by Gasteiger charge is -2.25. The summed E-state index contributed by atoms with van der Waals surface area (Å²) in [5.41, 5.74) is 1.31. The van der Waals surface area contributed by atoms with Crippen molar-refractivity contribution in [1.29, 1.82) is 0 Å². The summed E-state index contributed by atoms with van der Waals surface area (Å²) in [6.45, 7) is 0.0709. The summed E-state index contributed by atoms with van der Waals surface area (Å²) in [6.07, 6.45) is 4.26. The van der Waals surface area contributed by atoms with Crippen LogP contribution in [0.15, 0.2) is 49.1 Å². The van der Waals surface area contributed by atoms with E-state index < -0.39 is 23.8 Å². The first-order valence-electron chi connectivity index (χ1n) is 7.88. The van der Waals surface area contributed by atoms with Crippen molar-refractivity contribution in [3.8, 4) is 0 Å². The molecule has 1 aromatic carbocycles. The van der Waals surface area contributed by atoms with Crippen LogP contribution in [-0.4, -0.2) is 37.9 Å². The smallest absolute Gasteiger partial charge is 0.255 e. The predicted molar refractivity (Wildman–Crippen MR) is 86.0 cm³/mol. The molecule has 2 aromatic heterocycles. The lowest BCUT2D eigenvalue weighted by molar-refractivity contribution is 0.0713. The Morgan fingerprint density at radius 3 is 2.92 bits per heavy atom. The number of amides is 1. The second-order valence-electron chi connectivity index (χ2n) is 6.17. The molecule has 5 nitrogen and oxygen atoms in total. The predicted octanol–water partition coefficient (Wildman–Crippen LogP) is 2.56. The summed E-state index contributed by atoms with van der Waals surface area (Å²) in [7, 11) is 0. The molecule has 1 aliphatic rings. The van der Waals surface area contributed by atoms with Crippen molar-refractivity contribution in [2.75, 3.05) is 6.54 Å². The van der Waals surface area contributed by atoms with E-state index in [9.17, 15) is 18.7 Å². The minimum Gasteiger partial charge on any atom is -0.391 e. The second kappa shape index (κ2) is 5.93. The molecule has 0 unspecified atom stereocenters. The summed E-state index contributed by atoms with van der Waals surface area (Å²) in [5, 5.41) is 10.0. The van der Waals surface area contributed by atoms with Crippen LogP contribution in [0.3, 0.4) is 0 Å². The van der Waals surface area contributed by atoms with Crippen LogP contribution in [0.25, 0.3) is 5.52 Å². The van der Waals surface area contributed by atoms with Crippen molar-refractivity contribution in [2.45, 2.75) is 18.6 Å². The Morgan fingerprint density at radius 2 is 2.08 bits per heavy atom. The first-order valence-corrected chi connectivity index (χ1v) is 7.88. The van der Waals surface area contributed by atoms with Crippen LogP contribution in [0, 0.1) is 11.6 Å². The highest BCUT2D eigenvalue weighted by Crippen LogP contribution is 2.35. The van der Waals surface area contributed by atoms with Crippen molar-refractivity contribution < 1.29 is 18.7 Å². The van der Waals surface area contributed by atoms with E-state index in [4.69, 9.17) is 0 Å². The number of imidazole rings is 1. The molecule has 7 heteroatoms. The zero-order valence-electron chi connectivity index (χ0n) is 13.1. The topological polar surface area (TPSA) is 57.8 Å². The van der Waals surface area contributed by atoms with Gasteiger partial charge in [-0.3, -0.25) is 4.79 Å². The number of benzene rings is 1. The summed E-state index contributed by atoms with van der Waals surface area (Å²) < 4.78 is 29.4. The zero-order chi connectivity index (χ0) is 17.6. The molecule has 3 aromatic rings. The van der Waals surface area contributed by atoms with Gasteiger partial charge < -0.3 is 14.4 Å². The van der Waals surface area contributed by atoms with Gasteiger partial charge in [0.05, 0.1) is 35.8 Å². The number of nitrogens with zero attached hydrogens (tertiary/aromatic N) is 3. The third-order valence-corrected chi connectivity index (χ3v) is 4.51. The number of halogens is 2. The Morgan fingerprint density at radius 1 is 1.24 bits per heavy atom. The first-order chi connectivity index (χ1) is 12.0. The van der Waals surface area contributed by atoms with Crippen LogP contribution in [0.4, 0.5) is 8.78 Å². The summed E-state index contributed by atoms with van der Waals surface area (Å²) in [6, 6.07) is 5.85. The van der Waals surface area contributed by atoms with Crippen molar-refractivity contribution >= 4 is 11.4 Å². The fourth-order valence-corrected chi connectivity index (χ4v) is 3.32. The molecule has 1 aliphatic heterocycles. The molecular weight excluding hydrogens is 328 g/mol. The molecule has 0 saturated carbocycles. The minimum absolute atomic E-state index is 0.0709. The van der Waals surface area contributed by atoms with E-state index in [1.807, 2.05) is 0 Å². The highest BCUT2D eigenvalue weighted by atomic mass is 19.1. The van der Waals surface area contributed by atoms with E-state index in [2.05, 4.69) is 4.98 Å². The number of fused-ring (bicyclic) bond motifs is 1. The van der Waals surface area contributed by atoms with E-state index in [1.165, 1.54) is 4.90 Å². The number of β-amino-alcohol motifs (C(OH)–C–C–N with tert-alkyl or cyclic N) is 1. The van der Waals surface area contributed by atoms with E-state index in [-0.39, 0.29) is 24.4 Å². The van der Waals surface area contributed by atoms with Crippen LogP contribution in [0.5, 0.6) is 0 Å². The molecule has 0 bridgehead atoms. The molecule has 1 saturated heterocycles. The van der Waals surface area contributed by atoms with Gasteiger partial charge in [-0.1, -0.05) is 0 Å². The normalized spacial score (nSPS) is 20.4. The average molecular weight is 343 g/mol. The minimum atomic E-state index is -0.784. The lowest BCUT2D eigenvalue weighted by Crippen LogP contribution is -2.32. The number of hydrogen-bond acceptors (Lipinski definition) is 3. The summed E-state index contributed by atoms with van der Waals surface area (Å²) in [5.74, 6) is -1.52. The first kappa shape index (κ1) is 15.7. The van der Waals surface area contributed by atoms with Crippen molar-refractivity contribution in [3.05, 3.63) is 71.8 Å². The molecule has 2 atom stereocenters. The van der Waals surface area contributed by atoms with Crippen LogP contribution in [0.1, 0.15) is 28.4 Å². The van der Waals surface area contributed by atoms with E-state index in [0.29, 0.717) is 5.56 Å². The van der Waals surface area contributed by atoms with Gasteiger partial charge in [0.2, 0.25) is 0 Å². The molecule has 3 heterocycles. The third kappa shape index (κ3) is 2.76. The average Bonchev–Trinajstić information content (AvgIpc) is 3.22. The number of aliphatic hydroxyl groups is 1. The maximum absolute atomic E-state index is 14.2. The zero-order valence-corrected chi connectivity index (χ0v) is 13.1. The highest BCUT2D eigenvalue weighted by molar-refractivity contribution is 5.94. The van der Waals surface area contributed by atoms with Crippen molar-refractivity contribution in [1.82, 2.24) is 14.3 Å². The Bertz CT molecular complexity index is 956. The molecule has 0 aliphatic carbocycles. The van der Waals surface area contributed by atoms with Crippen molar-refractivity contribution in [2.24, 2.45) is 0 Å². The lowest BCUT2D eigenvalue weighted by atomic mass is 10.0. The molecule has 25 heavy (non-hydrogen) atoms. The van der Waals surface area contributed by atoms with Crippen molar-refractivity contribution in [3.63, 3.8) is 0 Å². The number of pyridine rings is 1. The maximum atomic E-state index is 14.2. The van der Waals surface area contributed by atoms with Gasteiger partial charge in [0.25, 0.3) is 5.91 Å². The van der Waals surface area contributed by atoms with Gasteiger partial charge in [0.1, 0.15) is 11.6 Å². The molecule has 1 amide bonds. The van der Waals surface area contributed by atoms with Gasteiger partial charge >= 0.3 is 0 Å². The number of carbonyl (C=O) groups excluding carboxylic acids is 1. The molecule has 128 valence electrons. The third-order valence-electron chi connectivity index (χ3n) is 4.51. The molecule has 0 radical (unpaired) electrons. The van der Waals surface area contributed by atoms with Gasteiger partial charge in [0.15, 0.2) is 0 Å². The van der Waals surface area contributed by atoms with E-state index in [0.717, 1.165) is 23.7 Å². The van der Waals surface area contributed by atoms with Gasteiger partial charge in [-0.15, -0.1) is 0 Å². The Kier molecular flexibility index (Phi) is 3.73. The van der Waals surface area contributed by atoms with Crippen LogP contribution >= 0.6 is 0 Å². The quantitative estimate of drug-likeness (QED) is 0.778. The molecule has 1 N–H and O–H groups in total. The van der Waals surface area contributed by atoms with Gasteiger partial charge in [-0.05, 0) is 36.8 Å². The van der Waals surface area contributed by atoms with Gasteiger partial charge in [0, 0.05) is 18.3 Å². The SMILES string of the molecule is O=C(c1ccc2cncn2c1)N1C[C@H](O)C[C@H]1c1cc(F)ccc1F. The fourth-order valence-electron chi connectivity index (χ4n) is 3.32. The number of likely N-dealkylation sites (tertiary alicyclic amines) is 1. The Balaban J connectivity index is 1.71.